The number of carbonyl (C=O) groups excluding carboxylic acids is 1. The molecule has 0 saturated heterocycles. The summed E-state index contributed by atoms with van der Waals surface area (Å²) in [5.41, 5.74) is 0. The first-order valence-electron chi connectivity index (χ1n) is 9.04. The Morgan fingerprint density at radius 3 is 2.05 bits per heavy atom. The van der Waals surface area contributed by atoms with Crippen molar-refractivity contribution in [2.45, 2.75) is 77.6 Å². The molecule has 2 aliphatic rings. The maximum Gasteiger partial charge on any atom is 0.309 e. The van der Waals surface area contributed by atoms with Gasteiger partial charge in [0.1, 0.15) is 0 Å². The molecule has 0 aromatic heterocycles. The highest BCUT2D eigenvalue weighted by Crippen LogP contribution is 2.42. The fourth-order valence-corrected chi connectivity index (χ4v) is 4.45. The highest BCUT2D eigenvalue weighted by Gasteiger charge is 2.33. The average Bonchev–Trinajstić information content (AvgIpc) is 2.54. The van der Waals surface area contributed by atoms with Crippen LogP contribution in [0.15, 0.2) is 0 Å². The second-order valence-electron chi connectivity index (χ2n) is 7.20. The van der Waals surface area contributed by atoms with Gasteiger partial charge in [-0.15, -0.1) is 0 Å². The van der Waals surface area contributed by atoms with Crippen LogP contribution >= 0.6 is 0 Å². The van der Waals surface area contributed by atoms with Crippen molar-refractivity contribution in [3.05, 3.63) is 0 Å². The van der Waals surface area contributed by atoms with Crippen molar-refractivity contribution in [1.82, 2.24) is 0 Å². The minimum atomic E-state index is -2.56. The minimum Gasteiger partial charge on any atom is -0.459 e. The fraction of sp³-hybridized carbons (Fsp3) is 0.944. The van der Waals surface area contributed by atoms with Gasteiger partial charge in [-0.1, -0.05) is 32.6 Å². The molecule has 0 N–H and O–H groups in total. The second kappa shape index (κ2) is 8.83. The van der Waals surface area contributed by atoms with Crippen LogP contribution in [0.5, 0.6) is 0 Å². The van der Waals surface area contributed by atoms with E-state index in [-0.39, 0.29) is 5.92 Å². The Morgan fingerprint density at radius 2 is 1.55 bits per heavy atom. The van der Waals surface area contributed by atoms with E-state index in [4.69, 9.17) is 0 Å². The van der Waals surface area contributed by atoms with E-state index in [0.29, 0.717) is 0 Å². The van der Waals surface area contributed by atoms with E-state index in [1.807, 2.05) is 0 Å². The number of hydrogen-bond donors (Lipinski definition) is 0. The van der Waals surface area contributed by atoms with Gasteiger partial charge in [-0.2, -0.15) is 0 Å². The lowest BCUT2D eigenvalue weighted by atomic mass is 9.69. The van der Waals surface area contributed by atoms with E-state index < -0.39 is 19.0 Å². The van der Waals surface area contributed by atoms with Crippen molar-refractivity contribution >= 4 is 5.97 Å². The van der Waals surface area contributed by atoms with Crippen molar-refractivity contribution in [3.8, 4) is 0 Å². The summed E-state index contributed by atoms with van der Waals surface area (Å²) in [4.78, 5) is 11.7. The van der Waals surface area contributed by atoms with Crippen molar-refractivity contribution in [2.75, 3.05) is 6.61 Å². The van der Waals surface area contributed by atoms with Crippen LogP contribution in [-0.4, -0.2) is 19.0 Å². The predicted molar refractivity (Wildman–Crippen MR) is 82.8 cm³/mol. The largest absolute Gasteiger partial charge is 0.459 e. The molecular weight excluding hydrogens is 286 g/mol. The summed E-state index contributed by atoms with van der Waals surface area (Å²) >= 11 is 0. The SMILES string of the molecule is CCCC1CCC(C2CCC(C(=O)OCC(F)F)CC2)CC1. The number of esters is 1. The third-order valence-electron chi connectivity index (χ3n) is 5.71. The van der Waals surface area contributed by atoms with Crippen LogP contribution in [0.1, 0.15) is 71.1 Å². The first kappa shape index (κ1) is 17.7. The average molecular weight is 316 g/mol. The molecular formula is C18H30F2O2. The van der Waals surface area contributed by atoms with Crippen molar-refractivity contribution < 1.29 is 18.3 Å². The van der Waals surface area contributed by atoms with Gasteiger partial charge in [-0.3, -0.25) is 4.79 Å². The molecule has 128 valence electrons. The van der Waals surface area contributed by atoms with Crippen LogP contribution in [0.2, 0.25) is 0 Å². The Labute approximate surface area is 133 Å². The van der Waals surface area contributed by atoms with Gasteiger partial charge < -0.3 is 4.74 Å². The quantitative estimate of drug-likeness (QED) is 0.629. The number of hydrogen-bond acceptors (Lipinski definition) is 2. The molecule has 0 amide bonds. The molecule has 0 aliphatic heterocycles. The summed E-state index contributed by atoms with van der Waals surface area (Å²) < 4.78 is 28.8. The van der Waals surface area contributed by atoms with Crippen molar-refractivity contribution in [3.63, 3.8) is 0 Å². The van der Waals surface area contributed by atoms with Crippen LogP contribution in [0.25, 0.3) is 0 Å². The number of halogens is 2. The molecule has 4 heteroatoms. The lowest BCUT2D eigenvalue weighted by Gasteiger charge is -2.37. The van der Waals surface area contributed by atoms with Crippen LogP contribution in [0.3, 0.4) is 0 Å². The standard InChI is InChI=1S/C18H30F2O2/c1-2-3-13-4-6-14(7-5-13)15-8-10-16(11-9-15)18(21)22-12-17(19)20/h13-17H,2-12H2,1H3. The van der Waals surface area contributed by atoms with Crippen molar-refractivity contribution in [2.24, 2.45) is 23.7 Å². The highest BCUT2D eigenvalue weighted by atomic mass is 19.3. The Morgan fingerprint density at radius 1 is 1.00 bits per heavy atom. The molecule has 0 bridgehead atoms. The van der Waals surface area contributed by atoms with E-state index in [2.05, 4.69) is 11.7 Å². The molecule has 0 heterocycles. The summed E-state index contributed by atoms with van der Waals surface area (Å²) in [5, 5.41) is 0. The van der Waals surface area contributed by atoms with E-state index in [9.17, 15) is 13.6 Å². The molecule has 2 aliphatic carbocycles. The molecule has 0 atom stereocenters. The number of alkyl halides is 2. The summed E-state index contributed by atoms with van der Waals surface area (Å²) in [7, 11) is 0. The van der Waals surface area contributed by atoms with Crippen LogP contribution < -0.4 is 0 Å². The van der Waals surface area contributed by atoms with E-state index in [1.54, 1.807) is 0 Å². The molecule has 2 rings (SSSR count). The zero-order chi connectivity index (χ0) is 15.9. The Balaban J connectivity index is 1.68. The van der Waals surface area contributed by atoms with Crippen LogP contribution in [0, 0.1) is 23.7 Å². The van der Waals surface area contributed by atoms with Gasteiger partial charge in [0, 0.05) is 0 Å². The lowest BCUT2D eigenvalue weighted by Crippen LogP contribution is -2.29. The normalized spacial score (nSPS) is 32.9. The molecule has 22 heavy (non-hydrogen) atoms. The van der Waals surface area contributed by atoms with E-state index in [1.165, 1.54) is 38.5 Å². The third-order valence-corrected chi connectivity index (χ3v) is 5.71. The maximum atomic E-state index is 12.1. The summed E-state index contributed by atoms with van der Waals surface area (Å²) in [6.07, 6.45) is 9.31. The van der Waals surface area contributed by atoms with Crippen molar-refractivity contribution in [1.29, 1.82) is 0 Å². The zero-order valence-corrected chi connectivity index (χ0v) is 13.7. The van der Waals surface area contributed by atoms with Gasteiger partial charge >= 0.3 is 5.97 Å². The second-order valence-corrected chi connectivity index (χ2v) is 7.20. The van der Waals surface area contributed by atoms with Crippen LogP contribution in [0.4, 0.5) is 8.78 Å². The zero-order valence-electron chi connectivity index (χ0n) is 13.7. The number of carbonyl (C=O) groups is 1. The first-order valence-corrected chi connectivity index (χ1v) is 9.04. The molecule has 0 unspecified atom stereocenters. The summed E-state index contributed by atoms with van der Waals surface area (Å²) in [6.45, 7) is 1.51. The molecule has 0 aromatic rings. The van der Waals surface area contributed by atoms with Gasteiger partial charge in [-0.05, 0) is 56.3 Å². The minimum absolute atomic E-state index is 0.147. The molecule has 0 aromatic carbocycles. The van der Waals surface area contributed by atoms with Gasteiger partial charge in [0.15, 0.2) is 6.61 Å². The monoisotopic (exact) mass is 316 g/mol. The Bertz CT molecular complexity index is 330. The smallest absolute Gasteiger partial charge is 0.309 e. The van der Waals surface area contributed by atoms with Gasteiger partial charge in [0.2, 0.25) is 0 Å². The molecule has 0 spiro atoms. The molecule has 2 fully saturated rings. The van der Waals surface area contributed by atoms with E-state index in [0.717, 1.165) is 43.4 Å². The highest BCUT2D eigenvalue weighted by molar-refractivity contribution is 5.72. The topological polar surface area (TPSA) is 26.3 Å². The van der Waals surface area contributed by atoms with E-state index >= 15 is 0 Å². The van der Waals surface area contributed by atoms with Crippen LogP contribution in [-0.2, 0) is 9.53 Å². The Kier molecular flexibility index (Phi) is 7.10. The maximum absolute atomic E-state index is 12.1. The molecule has 0 radical (unpaired) electrons. The lowest BCUT2D eigenvalue weighted by molar-refractivity contribution is -0.154. The van der Waals surface area contributed by atoms with Gasteiger partial charge in [-0.25, -0.2) is 8.78 Å². The summed E-state index contributed by atoms with van der Waals surface area (Å²) in [5.74, 6) is 1.94. The first-order chi connectivity index (χ1) is 10.6. The molecule has 2 nitrogen and oxygen atoms in total. The fourth-order valence-electron chi connectivity index (χ4n) is 4.45. The third kappa shape index (κ3) is 5.20. The van der Waals surface area contributed by atoms with Gasteiger partial charge in [0.05, 0.1) is 5.92 Å². The number of rotatable bonds is 6. The Hall–Kier alpha value is -0.670. The molecule has 2 saturated carbocycles. The summed E-state index contributed by atoms with van der Waals surface area (Å²) in [6, 6.07) is 0. The van der Waals surface area contributed by atoms with Gasteiger partial charge in [0.25, 0.3) is 6.43 Å². The predicted octanol–water partition coefficient (Wildman–Crippen LogP) is 5.21. The number of ether oxygens (including phenoxy) is 1.